The molecule has 98 valence electrons. The van der Waals surface area contributed by atoms with E-state index in [1.165, 1.54) is 44.9 Å². The van der Waals surface area contributed by atoms with Gasteiger partial charge in [-0.15, -0.1) is 0 Å². The summed E-state index contributed by atoms with van der Waals surface area (Å²) in [5.41, 5.74) is 0. The summed E-state index contributed by atoms with van der Waals surface area (Å²) < 4.78 is 9.17. The molecular weight excluding hydrogens is 351 g/mol. The zero-order chi connectivity index (χ0) is 12.4. The molecule has 0 atom stereocenters. The fourth-order valence-corrected chi connectivity index (χ4v) is 3.83. The fraction of sp³-hybridized carbons (Fsp3) is 1.00. The highest BCUT2D eigenvalue weighted by Gasteiger charge is 2.10. The molecule has 0 unspecified atom stereocenters. The standard InChI is InChI=1S/C12H25Br2OP/c1-12(2)10-8-6-4-3-5-7-9-11-16(13,14)15/h12H,3-11H2,1-2H3. The first kappa shape index (κ1) is 17.2. The smallest absolute Gasteiger partial charge is 0.208 e. The maximum absolute atomic E-state index is 11.3. The summed E-state index contributed by atoms with van der Waals surface area (Å²) in [6, 6.07) is 0. The van der Waals surface area contributed by atoms with Crippen molar-refractivity contribution < 1.29 is 4.57 Å². The van der Waals surface area contributed by atoms with Crippen LogP contribution in [0.2, 0.25) is 0 Å². The Morgan fingerprint density at radius 2 is 1.31 bits per heavy atom. The molecule has 0 rings (SSSR count). The van der Waals surface area contributed by atoms with Gasteiger partial charge in [0.2, 0.25) is 4.55 Å². The van der Waals surface area contributed by atoms with Crippen LogP contribution >= 0.6 is 35.5 Å². The Morgan fingerprint density at radius 3 is 1.75 bits per heavy atom. The van der Waals surface area contributed by atoms with Crippen LogP contribution in [0.25, 0.3) is 0 Å². The van der Waals surface area contributed by atoms with Gasteiger partial charge in [-0.25, -0.2) is 0 Å². The molecule has 0 aromatic heterocycles. The lowest BCUT2D eigenvalue weighted by Gasteiger charge is -2.05. The van der Waals surface area contributed by atoms with E-state index < -0.39 is 4.55 Å². The Hall–Kier alpha value is 1.19. The van der Waals surface area contributed by atoms with Gasteiger partial charge in [0.1, 0.15) is 0 Å². The Bertz CT molecular complexity index is 201. The summed E-state index contributed by atoms with van der Waals surface area (Å²) >= 11 is 6.34. The SMILES string of the molecule is CC(C)CCCCCCCCCP(=O)(Br)Br. The quantitative estimate of drug-likeness (QED) is 0.305. The molecule has 0 heterocycles. The van der Waals surface area contributed by atoms with E-state index in [0.717, 1.165) is 18.5 Å². The maximum Gasteiger partial charge on any atom is 0.208 e. The molecule has 0 amide bonds. The number of hydrogen-bond donors (Lipinski definition) is 0. The fourth-order valence-electron chi connectivity index (χ4n) is 1.73. The predicted octanol–water partition coefficient (Wildman–Crippen LogP) is 6.75. The number of unbranched alkanes of at least 4 members (excludes halogenated alkanes) is 6. The van der Waals surface area contributed by atoms with Crippen molar-refractivity contribution in [2.24, 2.45) is 5.92 Å². The lowest BCUT2D eigenvalue weighted by molar-refractivity contribution is 0.511. The molecule has 0 fully saturated rings. The van der Waals surface area contributed by atoms with Gasteiger partial charge in [0.05, 0.1) is 0 Å². The van der Waals surface area contributed by atoms with Crippen LogP contribution in [0.5, 0.6) is 0 Å². The lowest BCUT2D eigenvalue weighted by atomic mass is 10.0. The van der Waals surface area contributed by atoms with Crippen molar-refractivity contribution in [3.8, 4) is 0 Å². The maximum atomic E-state index is 11.3. The van der Waals surface area contributed by atoms with Crippen molar-refractivity contribution in [2.75, 3.05) is 6.16 Å². The Labute approximate surface area is 117 Å². The van der Waals surface area contributed by atoms with Crippen LogP contribution in [0.1, 0.15) is 65.2 Å². The van der Waals surface area contributed by atoms with Crippen molar-refractivity contribution >= 4 is 35.5 Å². The largest absolute Gasteiger partial charge is 0.300 e. The topological polar surface area (TPSA) is 17.1 Å². The molecule has 0 aliphatic rings. The van der Waals surface area contributed by atoms with E-state index in [1.54, 1.807) is 0 Å². The molecule has 0 saturated heterocycles. The Balaban J connectivity index is 3.08. The molecule has 4 heteroatoms. The molecule has 0 aliphatic heterocycles. The average molecular weight is 376 g/mol. The summed E-state index contributed by atoms with van der Waals surface area (Å²) in [6.45, 7) is 4.58. The lowest BCUT2D eigenvalue weighted by Crippen LogP contribution is -1.87. The second kappa shape index (κ2) is 10.1. The first-order valence-corrected chi connectivity index (χ1v) is 12.3. The van der Waals surface area contributed by atoms with Crippen molar-refractivity contribution in [3.05, 3.63) is 0 Å². The van der Waals surface area contributed by atoms with Crippen molar-refractivity contribution in [3.63, 3.8) is 0 Å². The highest BCUT2D eigenvalue weighted by atomic mass is 79.9. The van der Waals surface area contributed by atoms with Crippen LogP contribution in [0.15, 0.2) is 0 Å². The van der Waals surface area contributed by atoms with Gasteiger partial charge in [0.15, 0.2) is 0 Å². The summed E-state index contributed by atoms with van der Waals surface area (Å²) in [5, 5.41) is 0. The van der Waals surface area contributed by atoms with Gasteiger partial charge in [0, 0.05) is 6.16 Å². The molecule has 16 heavy (non-hydrogen) atoms. The molecule has 0 radical (unpaired) electrons. The Morgan fingerprint density at radius 1 is 0.875 bits per heavy atom. The van der Waals surface area contributed by atoms with E-state index in [2.05, 4.69) is 44.8 Å². The van der Waals surface area contributed by atoms with Crippen LogP contribution in [0.4, 0.5) is 0 Å². The van der Waals surface area contributed by atoms with Gasteiger partial charge in [0.25, 0.3) is 0 Å². The number of rotatable bonds is 10. The molecule has 0 aliphatic carbocycles. The summed E-state index contributed by atoms with van der Waals surface area (Å²) in [7, 11) is 0. The van der Waals surface area contributed by atoms with Crippen LogP contribution < -0.4 is 0 Å². The molecule has 0 spiro atoms. The Kier molecular flexibility index (Phi) is 10.9. The van der Waals surface area contributed by atoms with Crippen molar-refractivity contribution in [2.45, 2.75) is 65.2 Å². The third-order valence-corrected chi connectivity index (χ3v) is 5.66. The molecular formula is C12H25Br2OP. The monoisotopic (exact) mass is 374 g/mol. The van der Waals surface area contributed by atoms with Crippen molar-refractivity contribution in [1.82, 2.24) is 0 Å². The molecule has 0 bridgehead atoms. The van der Waals surface area contributed by atoms with Gasteiger partial charge in [-0.3, -0.25) is 4.57 Å². The van der Waals surface area contributed by atoms with Crippen molar-refractivity contribution in [1.29, 1.82) is 0 Å². The average Bonchev–Trinajstić information content (AvgIpc) is 2.13. The molecule has 1 nitrogen and oxygen atoms in total. The zero-order valence-electron chi connectivity index (χ0n) is 10.6. The third-order valence-electron chi connectivity index (χ3n) is 2.70. The van der Waals surface area contributed by atoms with Gasteiger partial charge in [-0.2, -0.15) is 0 Å². The summed E-state index contributed by atoms with van der Waals surface area (Å²) in [6.07, 6.45) is 11.2. The predicted molar refractivity (Wildman–Crippen MR) is 82.1 cm³/mol. The van der Waals surface area contributed by atoms with Crippen LogP contribution in [0.3, 0.4) is 0 Å². The van der Waals surface area contributed by atoms with E-state index in [9.17, 15) is 4.57 Å². The van der Waals surface area contributed by atoms with Crippen LogP contribution in [-0.2, 0) is 4.57 Å². The highest BCUT2D eigenvalue weighted by Crippen LogP contribution is 2.61. The normalized spacial score (nSPS) is 12.3. The minimum atomic E-state index is -2.12. The minimum Gasteiger partial charge on any atom is -0.300 e. The van der Waals surface area contributed by atoms with Gasteiger partial charge >= 0.3 is 0 Å². The van der Waals surface area contributed by atoms with Crippen LogP contribution in [-0.4, -0.2) is 6.16 Å². The molecule has 0 saturated carbocycles. The second-order valence-electron chi connectivity index (χ2n) is 4.95. The zero-order valence-corrected chi connectivity index (χ0v) is 14.6. The first-order chi connectivity index (χ1) is 7.42. The summed E-state index contributed by atoms with van der Waals surface area (Å²) in [5.74, 6) is 0.854. The number of halogens is 2. The van der Waals surface area contributed by atoms with Gasteiger partial charge < -0.3 is 0 Å². The van der Waals surface area contributed by atoms with Crippen LogP contribution in [0, 0.1) is 5.92 Å². The minimum absolute atomic E-state index is 0.778. The van der Waals surface area contributed by atoms with Gasteiger partial charge in [-0.05, 0) is 43.3 Å². The molecule has 0 aromatic rings. The van der Waals surface area contributed by atoms with E-state index in [4.69, 9.17) is 0 Å². The highest BCUT2D eigenvalue weighted by molar-refractivity contribution is 9.70. The van der Waals surface area contributed by atoms with Gasteiger partial charge in [-0.1, -0.05) is 58.8 Å². The number of hydrogen-bond acceptors (Lipinski definition) is 1. The van der Waals surface area contributed by atoms with E-state index in [-0.39, 0.29) is 0 Å². The summed E-state index contributed by atoms with van der Waals surface area (Å²) in [4.78, 5) is 0. The molecule has 0 aromatic carbocycles. The first-order valence-electron chi connectivity index (χ1n) is 6.40. The third kappa shape index (κ3) is 15.2. The molecule has 0 N–H and O–H groups in total. The van der Waals surface area contributed by atoms with E-state index >= 15 is 0 Å². The van der Waals surface area contributed by atoms with E-state index in [1.807, 2.05) is 0 Å². The second-order valence-corrected chi connectivity index (χ2v) is 16.3. The van der Waals surface area contributed by atoms with E-state index in [0.29, 0.717) is 0 Å².